The van der Waals surface area contributed by atoms with Gasteiger partial charge >= 0.3 is 0 Å². The fraction of sp³-hybridized carbons (Fsp3) is 0.167. The molecule has 0 aliphatic heterocycles. The minimum atomic E-state index is -0.643. The summed E-state index contributed by atoms with van der Waals surface area (Å²) in [6, 6.07) is 4.57. The molecule has 1 aromatic carbocycles. The van der Waals surface area contributed by atoms with Crippen LogP contribution in [-0.2, 0) is 6.61 Å². The molecule has 1 heterocycles. The third-order valence-corrected chi connectivity index (χ3v) is 2.31. The number of rotatable bonds is 3. The van der Waals surface area contributed by atoms with E-state index >= 15 is 0 Å². The van der Waals surface area contributed by atoms with Gasteiger partial charge in [-0.1, -0.05) is 11.6 Å². The number of hydrogen-bond donors (Lipinski definition) is 0. The van der Waals surface area contributed by atoms with Crippen molar-refractivity contribution in [1.82, 2.24) is 9.97 Å². The van der Waals surface area contributed by atoms with Gasteiger partial charge in [-0.15, -0.1) is 0 Å². The van der Waals surface area contributed by atoms with Crippen LogP contribution in [0.1, 0.15) is 11.5 Å². The number of hydrogen-bond acceptors (Lipinski definition) is 3. The molecular weight excluding hydrogens is 262 g/mol. The lowest BCUT2D eigenvalue weighted by atomic mass is 10.3. The quantitative estimate of drug-likeness (QED) is 0.803. The highest BCUT2D eigenvalue weighted by Gasteiger charge is 2.07. The summed E-state index contributed by atoms with van der Waals surface area (Å²) in [5.41, 5.74) is 0.674. The smallest absolute Gasteiger partial charge is 0.167 e. The first-order chi connectivity index (χ1) is 8.54. The SMILES string of the molecule is Cc1cc(Cl)nc(COc2cc(F)ccc2F)n1. The van der Waals surface area contributed by atoms with E-state index in [9.17, 15) is 8.78 Å². The number of nitrogens with zero attached hydrogens (tertiary/aromatic N) is 2. The Labute approximate surface area is 107 Å². The van der Waals surface area contributed by atoms with Crippen LogP contribution >= 0.6 is 11.6 Å². The predicted octanol–water partition coefficient (Wildman–Crippen LogP) is 3.30. The lowest BCUT2D eigenvalue weighted by Crippen LogP contribution is -2.04. The standard InChI is InChI=1S/C12H9ClF2N2O/c1-7-4-11(13)17-12(16-7)6-18-10-5-8(14)2-3-9(10)15/h2-5H,6H2,1H3. The molecule has 0 N–H and O–H groups in total. The molecule has 0 bridgehead atoms. The topological polar surface area (TPSA) is 35.0 Å². The second kappa shape index (κ2) is 5.27. The molecule has 0 atom stereocenters. The largest absolute Gasteiger partial charge is 0.482 e. The molecule has 2 rings (SSSR count). The maximum atomic E-state index is 13.3. The fourth-order valence-corrected chi connectivity index (χ4v) is 1.64. The zero-order chi connectivity index (χ0) is 13.1. The van der Waals surface area contributed by atoms with Crippen molar-refractivity contribution in [2.24, 2.45) is 0 Å². The molecular formula is C12H9ClF2N2O. The molecule has 0 amide bonds. The third kappa shape index (κ3) is 3.13. The van der Waals surface area contributed by atoms with Crippen molar-refractivity contribution in [3.05, 3.63) is 52.6 Å². The molecule has 0 spiro atoms. The number of benzene rings is 1. The Morgan fingerprint density at radius 1 is 1.22 bits per heavy atom. The minimum Gasteiger partial charge on any atom is -0.482 e. The van der Waals surface area contributed by atoms with Crippen LogP contribution in [0.2, 0.25) is 5.15 Å². The fourth-order valence-electron chi connectivity index (χ4n) is 1.38. The first-order valence-electron chi connectivity index (χ1n) is 5.12. The lowest BCUT2D eigenvalue weighted by molar-refractivity contribution is 0.279. The van der Waals surface area contributed by atoms with Gasteiger partial charge in [0.2, 0.25) is 0 Å². The lowest BCUT2D eigenvalue weighted by Gasteiger charge is -2.07. The Balaban J connectivity index is 2.13. The van der Waals surface area contributed by atoms with E-state index in [1.165, 1.54) is 0 Å². The van der Waals surface area contributed by atoms with Crippen molar-refractivity contribution in [2.75, 3.05) is 0 Å². The predicted molar refractivity (Wildman–Crippen MR) is 62.5 cm³/mol. The molecule has 94 valence electrons. The highest BCUT2D eigenvalue weighted by Crippen LogP contribution is 2.19. The van der Waals surface area contributed by atoms with Gasteiger partial charge in [0.1, 0.15) is 17.6 Å². The van der Waals surface area contributed by atoms with Gasteiger partial charge in [0, 0.05) is 11.8 Å². The minimum absolute atomic E-state index is 0.0816. The molecule has 6 heteroatoms. The summed E-state index contributed by atoms with van der Waals surface area (Å²) >= 11 is 5.75. The molecule has 0 radical (unpaired) electrons. The second-order valence-corrected chi connectivity index (χ2v) is 4.00. The average Bonchev–Trinajstić information content (AvgIpc) is 2.29. The molecule has 0 saturated heterocycles. The monoisotopic (exact) mass is 270 g/mol. The van der Waals surface area contributed by atoms with Gasteiger partial charge in [0.15, 0.2) is 17.4 Å². The number of aryl methyl sites for hydroxylation is 1. The van der Waals surface area contributed by atoms with Crippen molar-refractivity contribution in [3.63, 3.8) is 0 Å². The molecule has 2 aromatic rings. The summed E-state index contributed by atoms with van der Waals surface area (Å²) in [7, 11) is 0. The zero-order valence-electron chi connectivity index (χ0n) is 9.45. The average molecular weight is 271 g/mol. The van der Waals surface area contributed by atoms with Crippen LogP contribution in [0.4, 0.5) is 8.78 Å². The van der Waals surface area contributed by atoms with Crippen LogP contribution in [0, 0.1) is 18.6 Å². The highest BCUT2D eigenvalue weighted by atomic mass is 35.5. The van der Waals surface area contributed by atoms with Crippen molar-refractivity contribution in [1.29, 1.82) is 0 Å². The number of halogens is 3. The molecule has 1 aromatic heterocycles. The van der Waals surface area contributed by atoms with Crippen LogP contribution in [0.5, 0.6) is 5.75 Å². The van der Waals surface area contributed by atoms with Crippen molar-refractivity contribution in [2.45, 2.75) is 13.5 Å². The van der Waals surface area contributed by atoms with E-state index in [1.807, 2.05) is 0 Å². The van der Waals surface area contributed by atoms with Gasteiger partial charge in [0.25, 0.3) is 0 Å². The normalized spacial score (nSPS) is 10.4. The Bertz CT molecular complexity index is 558. The molecule has 0 aliphatic rings. The third-order valence-electron chi connectivity index (χ3n) is 2.12. The molecule has 0 saturated carbocycles. The van der Waals surface area contributed by atoms with Crippen molar-refractivity contribution < 1.29 is 13.5 Å². The summed E-state index contributed by atoms with van der Waals surface area (Å²) in [6.07, 6.45) is 0. The molecule has 0 unspecified atom stereocenters. The van der Waals surface area contributed by atoms with Crippen LogP contribution in [0.15, 0.2) is 24.3 Å². The van der Waals surface area contributed by atoms with E-state index in [1.54, 1.807) is 13.0 Å². The summed E-state index contributed by atoms with van der Waals surface area (Å²) in [4.78, 5) is 7.98. The van der Waals surface area contributed by atoms with Gasteiger partial charge in [-0.3, -0.25) is 0 Å². The first kappa shape index (κ1) is 12.7. The van der Waals surface area contributed by atoms with Gasteiger partial charge in [-0.25, -0.2) is 18.7 Å². The van der Waals surface area contributed by atoms with Crippen LogP contribution in [0.25, 0.3) is 0 Å². The number of aromatic nitrogens is 2. The summed E-state index contributed by atoms with van der Waals surface area (Å²) < 4.78 is 31.3. The van der Waals surface area contributed by atoms with E-state index in [0.29, 0.717) is 11.5 Å². The Hall–Kier alpha value is -1.75. The summed E-state index contributed by atoms with van der Waals surface area (Å²) in [5.74, 6) is -1.09. The summed E-state index contributed by atoms with van der Waals surface area (Å²) in [6.45, 7) is 1.67. The molecule has 0 aliphatic carbocycles. The molecule has 18 heavy (non-hydrogen) atoms. The van der Waals surface area contributed by atoms with E-state index in [4.69, 9.17) is 16.3 Å². The zero-order valence-corrected chi connectivity index (χ0v) is 10.2. The van der Waals surface area contributed by atoms with Crippen molar-refractivity contribution in [3.8, 4) is 5.75 Å². The van der Waals surface area contributed by atoms with Crippen LogP contribution < -0.4 is 4.74 Å². The Kier molecular flexibility index (Phi) is 3.72. The summed E-state index contributed by atoms with van der Waals surface area (Å²) in [5, 5.41) is 0.279. The van der Waals surface area contributed by atoms with Gasteiger partial charge in [-0.2, -0.15) is 0 Å². The van der Waals surface area contributed by atoms with E-state index in [-0.39, 0.29) is 17.5 Å². The Morgan fingerprint density at radius 3 is 2.72 bits per heavy atom. The first-order valence-corrected chi connectivity index (χ1v) is 5.50. The maximum absolute atomic E-state index is 13.3. The Morgan fingerprint density at radius 2 is 2.00 bits per heavy atom. The van der Waals surface area contributed by atoms with Crippen LogP contribution in [0.3, 0.4) is 0 Å². The maximum Gasteiger partial charge on any atom is 0.167 e. The van der Waals surface area contributed by atoms with E-state index in [0.717, 1.165) is 18.2 Å². The van der Waals surface area contributed by atoms with Crippen LogP contribution in [-0.4, -0.2) is 9.97 Å². The van der Waals surface area contributed by atoms with Gasteiger partial charge in [0.05, 0.1) is 0 Å². The van der Waals surface area contributed by atoms with E-state index < -0.39 is 11.6 Å². The molecule has 3 nitrogen and oxygen atoms in total. The second-order valence-electron chi connectivity index (χ2n) is 3.61. The number of ether oxygens (including phenoxy) is 1. The van der Waals surface area contributed by atoms with Crippen molar-refractivity contribution >= 4 is 11.6 Å². The van der Waals surface area contributed by atoms with Gasteiger partial charge in [-0.05, 0) is 25.1 Å². The highest BCUT2D eigenvalue weighted by molar-refractivity contribution is 6.29. The van der Waals surface area contributed by atoms with E-state index in [2.05, 4.69) is 9.97 Å². The molecule has 0 fully saturated rings. The van der Waals surface area contributed by atoms with Gasteiger partial charge < -0.3 is 4.74 Å².